The Bertz CT molecular complexity index is 1030. The highest BCUT2D eigenvalue weighted by molar-refractivity contribution is 6.30. The minimum atomic E-state index is -0.969. The van der Waals surface area contributed by atoms with Crippen LogP contribution >= 0.6 is 48.8 Å². The van der Waals surface area contributed by atoms with E-state index in [0.29, 0.717) is 12.4 Å². The van der Waals surface area contributed by atoms with Crippen LogP contribution in [0, 0.1) is 0 Å². The first-order chi connectivity index (χ1) is 15.6. The summed E-state index contributed by atoms with van der Waals surface area (Å²) >= 11 is 6.12. The maximum atomic E-state index is 11.3. The Labute approximate surface area is 230 Å². The summed E-state index contributed by atoms with van der Waals surface area (Å²) in [6.07, 6.45) is 0. The van der Waals surface area contributed by atoms with Gasteiger partial charge in [-0.3, -0.25) is 9.80 Å². The molecule has 35 heavy (non-hydrogen) atoms. The van der Waals surface area contributed by atoms with E-state index in [2.05, 4.69) is 46.2 Å². The lowest BCUT2D eigenvalue weighted by atomic mass is 9.96. The van der Waals surface area contributed by atoms with E-state index >= 15 is 0 Å². The lowest BCUT2D eigenvalue weighted by Gasteiger charge is -2.39. The van der Waals surface area contributed by atoms with Gasteiger partial charge in [-0.05, 0) is 35.4 Å². The number of rotatable bonds is 8. The second-order valence-electron chi connectivity index (χ2n) is 7.89. The van der Waals surface area contributed by atoms with Gasteiger partial charge in [-0.25, -0.2) is 4.79 Å². The number of nitrogens with zero attached hydrogens (tertiary/aromatic N) is 2. The predicted octanol–water partition coefficient (Wildman–Crippen LogP) is 6.09. The number of carboxylic acid groups (broad SMARTS) is 1. The summed E-state index contributed by atoms with van der Waals surface area (Å²) in [6, 6.07) is 25.7. The second kappa shape index (κ2) is 15.2. The van der Waals surface area contributed by atoms with Gasteiger partial charge in [0.25, 0.3) is 0 Å². The average molecular weight is 560 g/mol. The third-order valence-electron chi connectivity index (χ3n) is 5.86. The molecule has 1 unspecified atom stereocenters. The number of carboxylic acids is 1. The van der Waals surface area contributed by atoms with Gasteiger partial charge in [0.15, 0.2) is 0 Å². The van der Waals surface area contributed by atoms with Crippen molar-refractivity contribution in [1.82, 2.24) is 9.80 Å². The maximum Gasteiger partial charge on any atom is 0.339 e. The van der Waals surface area contributed by atoms with Gasteiger partial charge in [0.05, 0.1) is 6.04 Å². The molecule has 190 valence electrons. The summed E-state index contributed by atoms with van der Waals surface area (Å²) in [6.45, 7) is 4.96. The molecule has 1 heterocycles. The van der Waals surface area contributed by atoms with Gasteiger partial charge in [0.1, 0.15) is 17.9 Å². The van der Waals surface area contributed by atoms with E-state index in [0.717, 1.165) is 37.7 Å². The molecule has 0 aliphatic carbocycles. The van der Waals surface area contributed by atoms with E-state index in [-0.39, 0.29) is 48.8 Å². The molecule has 0 bridgehead atoms. The normalized spacial score (nSPS) is 14.5. The molecule has 1 aliphatic heterocycles. The SMILES string of the molecule is Cl.Cl.Cl.O=C(O)c1ccccc1OCCN1CCN(C(c2ccccc2)c2ccc(Cl)cc2)CC1. The number of carbonyl (C=O) groups is 1. The van der Waals surface area contributed by atoms with Crippen molar-refractivity contribution >= 4 is 54.8 Å². The monoisotopic (exact) mass is 558 g/mol. The number of benzene rings is 3. The highest BCUT2D eigenvalue weighted by atomic mass is 35.5. The second-order valence-corrected chi connectivity index (χ2v) is 8.33. The van der Waals surface area contributed by atoms with Crippen LogP contribution in [0.1, 0.15) is 27.5 Å². The minimum Gasteiger partial charge on any atom is -0.491 e. The summed E-state index contributed by atoms with van der Waals surface area (Å²) < 4.78 is 5.78. The first-order valence-corrected chi connectivity index (χ1v) is 11.2. The molecule has 0 aromatic heterocycles. The average Bonchev–Trinajstić information content (AvgIpc) is 2.82. The Morgan fingerprint density at radius 1 is 0.829 bits per heavy atom. The zero-order chi connectivity index (χ0) is 22.3. The molecular formula is C26H30Cl4N2O3. The lowest BCUT2D eigenvalue weighted by molar-refractivity contribution is 0.0689. The molecule has 1 fully saturated rings. The van der Waals surface area contributed by atoms with Crippen LogP contribution in [0.15, 0.2) is 78.9 Å². The lowest BCUT2D eigenvalue weighted by Crippen LogP contribution is -2.48. The van der Waals surface area contributed by atoms with Crippen LogP contribution in [0.2, 0.25) is 5.02 Å². The Morgan fingerprint density at radius 2 is 1.40 bits per heavy atom. The van der Waals surface area contributed by atoms with Crippen LogP contribution in [0.4, 0.5) is 0 Å². The molecule has 5 nitrogen and oxygen atoms in total. The van der Waals surface area contributed by atoms with Gasteiger partial charge in [0, 0.05) is 37.7 Å². The molecule has 1 saturated heterocycles. The van der Waals surface area contributed by atoms with Gasteiger partial charge < -0.3 is 9.84 Å². The van der Waals surface area contributed by atoms with Crippen molar-refractivity contribution in [3.05, 3.63) is 101 Å². The zero-order valence-corrected chi connectivity index (χ0v) is 22.3. The van der Waals surface area contributed by atoms with Crippen LogP contribution in [0.5, 0.6) is 5.75 Å². The molecule has 3 aromatic rings. The van der Waals surface area contributed by atoms with Crippen molar-refractivity contribution in [3.63, 3.8) is 0 Å². The topological polar surface area (TPSA) is 53.0 Å². The Hall–Kier alpha value is -1.99. The Kier molecular flexibility index (Phi) is 13.5. The number of hydrogen-bond acceptors (Lipinski definition) is 4. The molecule has 3 aromatic carbocycles. The predicted molar refractivity (Wildman–Crippen MR) is 148 cm³/mol. The van der Waals surface area contributed by atoms with Gasteiger partial charge >= 0.3 is 5.97 Å². The minimum absolute atomic E-state index is 0. The van der Waals surface area contributed by atoms with Gasteiger partial charge in [-0.15, -0.1) is 37.2 Å². The first kappa shape index (κ1) is 31.0. The number of aromatic carboxylic acids is 1. The molecular weight excluding hydrogens is 530 g/mol. The van der Waals surface area contributed by atoms with Crippen molar-refractivity contribution in [2.45, 2.75) is 6.04 Å². The van der Waals surface area contributed by atoms with Gasteiger partial charge in [0.2, 0.25) is 0 Å². The first-order valence-electron chi connectivity index (χ1n) is 10.8. The number of ether oxygens (including phenoxy) is 1. The van der Waals surface area contributed by atoms with Crippen molar-refractivity contribution in [3.8, 4) is 5.75 Å². The van der Waals surface area contributed by atoms with Crippen molar-refractivity contribution in [2.24, 2.45) is 0 Å². The molecule has 0 amide bonds. The number of piperazine rings is 1. The molecule has 0 spiro atoms. The number of para-hydroxylation sites is 1. The van der Waals surface area contributed by atoms with E-state index in [1.807, 2.05) is 18.2 Å². The van der Waals surface area contributed by atoms with Crippen LogP contribution in [0.3, 0.4) is 0 Å². The molecule has 4 rings (SSSR count). The van der Waals surface area contributed by atoms with Crippen LogP contribution in [0.25, 0.3) is 0 Å². The Balaban J connectivity index is 0.00000204. The van der Waals surface area contributed by atoms with Crippen LogP contribution in [-0.2, 0) is 0 Å². The summed E-state index contributed by atoms with van der Waals surface area (Å²) in [7, 11) is 0. The zero-order valence-electron chi connectivity index (χ0n) is 19.1. The van der Waals surface area contributed by atoms with Crippen LogP contribution in [-0.4, -0.2) is 60.2 Å². The largest absolute Gasteiger partial charge is 0.491 e. The highest BCUT2D eigenvalue weighted by Gasteiger charge is 2.26. The quantitative estimate of drug-likeness (QED) is 0.362. The van der Waals surface area contributed by atoms with E-state index in [9.17, 15) is 9.90 Å². The third kappa shape index (κ3) is 8.28. The molecule has 0 saturated carbocycles. The molecule has 9 heteroatoms. The van der Waals surface area contributed by atoms with Gasteiger partial charge in [-0.2, -0.15) is 0 Å². The van der Waals surface area contributed by atoms with Crippen LogP contribution < -0.4 is 4.74 Å². The molecule has 1 aliphatic rings. The van der Waals surface area contributed by atoms with E-state index < -0.39 is 5.97 Å². The highest BCUT2D eigenvalue weighted by Crippen LogP contribution is 2.30. The van der Waals surface area contributed by atoms with Crippen molar-refractivity contribution in [2.75, 3.05) is 39.3 Å². The fraction of sp³-hybridized carbons (Fsp3) is 0.269. The summed E-state index contributed by atoms with van der Waals surface area (Å²) in [4.78, 5) is 16.2. The summed E-state index contributed by atoms with van der Waals surface area (Å²) in [5, 5.41) is 10.0. The van der Waals surface area contributed by atoms with Crippen molar-refractivity contribution < 1.29 is 14.6 Å². The van der Waals surface area contributed by atoms with Gasteiger partial charge in [-0.1, -0.05) is 66.2 Å². The smallest absolute Gasteiger partial charge is 0.339 e. The fourth-order valence-electron chi connectivity index (χ4n) is 4.19. The van der Waals surface area contributed by atoms with E-state index in [4.69, 9.17) is 16.3 Å². The Morgan fingerprint density at radius 3 is 2.03 bits per heavy atom. The number of halogens is 4. The van der Waals surface area contributed by atoms with E-state index in [1.165, 1.54) is 11.1 Å². The van der Waals surface area contributed by atoms with Crippen molar-refractivity contribution in [1.29, 1.82) is 0 Å². The molecule has 1 N–H and O–H groups in total. The fourth-order valence-corrected chi connectivity index (χ4v) is 4.32. The number of hydrogen-bond donors (Lipinski definition) is 1. The summed E-state index contributed by atoms with van der Waals surface area (Å²) in [5.41, 5.74) is 2.71. The third-order valence-corrected chi connectivity index (χ3v) is 6.11. The maximum absolute atomic E-state index is 11.3. The molecule has 1 atom stereocenters. The summed E-state index contributed by atoms with van der Waals surface area (Å²) in [5.74, 6) is -0.547. The van der Waals surface area contributed by atoms with E-state index in [1.54, 1.807) is 24.3 Å². The molecule has 0 radical (unpaired) electrons. The standard InChI is InChI=1S/C26H27ClN2O3.3ClH/c27-22-12-10-21(11-13-22)25(20-6-2-1-3-7-20)29-16-14-28(15-17-29)18-19-32-24-9-5-4-8-23(24)26(30)31;;;/h1-13,25H,14-19H2,(H,30,31);3*1H.